The van der Waals surface area contributed by atoms with Crippen LogP contribution in [0.3, 0.4) is 0 Å². The summed E-state index contributed by atoms with van der Waals surface area (Å²) in [6.07, 6.45) is 0.482. The van der Waals surface area contributed by atoms with Crippen molar-refractivity contribution in [2.45, 2.75) is 88.6 Å². The van der Waals surface area contributed by atoms with Gasteiger partial charge in [-0.1, -0.05) is 12.8 Å². The van der Waals surface area contributed by atoms with Gasteiger partial charge < -0.3 is 10.1 Å². The number of ether oxygens (including phenoxy) is 1. The van der Waals surface area contributed by atoms with Gasteiger partial charge in [-0.05, 0) is 38.7 Å². The van der Waals surface area contributed by atoms with Crippen molar-refractivity contribution < 1.29 is 26.7 Å². The lowest BCUT2D eigenvalue weighted by atomic mass is 9.92. The molecule has 6 nitrogen and oxygen atoms in total. The number of rotatable bonds is 6. The van der Waals surface area contributed by atoms with E-state index >= 15 is 0 Å². The van der Waals surface area contributed by atoms with E-state index < -0.39 is 23.9 Å². The second-order valence-corrected chi connectivity index (χ2v) is 8.58. The monoisotopic (exact) mass is 459 g/mol. The number of hydrogen-bond donors (Lipinski definition) is 1. The van der Waals surface area contributed by atoms with E-state index in [-0.39, 0.29) is 43.8 Å². The van der Waals surface area contributed by atoms with E-state index in [2.05, 4.69) is 20.4 Å². The maximum atomic E-state index is 13.5. The minimum absolute atomic E-state index is 0.0384. The molecule has 2 aromatic heterocycles. The highest BCUT2D eigenvalue weighted by Gasteiger charge is 2.36. The number of nitrogens with zero attached hydrogens (tertiary/aromatic N) is 4. The van der Waals surface area contributed by atoms with Crippen LogP contribution in [-0.4, -0.2) is 37.8 Å². The van der Waals surface area contributed by atoms with Gasteiger partial charge in [-0.3, -0.25) is 0 Å². The molecule has 1 N–H and O–H groups in total. The van der Waals surface area contributed by atoms with E-state index in [1.807, 2.05) is 6.92 Å². The first-order chi connectivity index (χ1) is 15.1. The molecule has 1 unspecified atom stereocenters. The van der Waals surface area contributed by atoms with Gasteiger partial charge in [0.1, 0.15) is 5.82 Å². The Bertz CT molecular complexity index is 916. The Balaban J connectivity index is 1.59. The van der Waals surface area contributed by atoms with Gasteiger partial charge >= 0.3 is 6.18 Å². The highest BCUT2D eigenvalue weighted by atomic mass is 19.4. The molecule has 2 heterocycles. The Hall–Kier alpha value is -2.30. The summed E-state index contributed by atoms with van der Waals surface area (Å²) in [7, 11) is 0. The summed E-state index contributed by atoms with van der Waals surface area (Å²) in [6.45, 7) is 1.83. The van der Waals surface area contributed by atoms with Gasteiger partial charge in [0, 0.05) is 31.1 Å². The lowest BCUT2D eigenvalue weighted by molar-refractivity contribution is -0.141. The van der Waals surface area contributed by atoms with Crippen molar-refractivity contribution in [2.75, 3.05) is 5.32 Å². The maximum Gasteiger partial charge on any atom is 0.435 e. The van der Waals surface area contributed by atoms with Crippen LogP contribution >= 0.6 is 0 Å². The van der Waals surface area contributed by atoms with Crippen molar-refractivity contribution in [3.05, 3.63) is 29.7 Å². The van der Waals surface area contributed by atoms with Crippen molar-refractivity contribution in [3.63, 3.8) is 0 Å². The molecule has 11 heteroatoms. The smallest absolute Gasteiger partial charge is 0.369 e. The SMILES string of the molecule is CC(OC1CCCC1)c1cc(NC2CCC(F)(F)CC2)nc(-n2ccc(C(F)(F)F)n2)n1. The lowest BCUT2D eigenvalue weighted by Crippen LogP contribution is -2.32. The first-order valence-electron chi connectivity index (χ1n) is 10.9. The van der Waals surface area contributed by atoms with Gasteiger partial charge in [0.2, 0.25) is 5.92 Å². The third kappa shape index (κ3) is 5.54. The van der Waals surface area contributed by atoms with Gasteiger partial charge in [-0.25, -0.2) is 18.4 Å². The Morgan fingerprint density at radius 1 is 1.12 bits per heavy atom. The van der Waals surface area contributed by atoms with Gasteiger partial charge in [0.25, 0.3) is 5.95 Å². The van der Waals surface area contributed by atoms with E-state index in [0.29, 0.717) is 11.5 Å². The second kappa shape index (κ2) is 8.92. The predicted octanol–water partition coefficient (Wildman–Crippen LogP) is 5.69. The molecule has 4 rings (SSSR count). The highest BCUT2D eigenvalue weighted by Crippen LogP contribution is 2.35. The molecule has 2 fully saturated rings. The van der Waals surface area contributed by atoms with Crippen molar-refractivity contribution in [3.8, 4) is 5.95 Å². The van der Waals surface area contributed by atoms with Crippen molar-refractivity contribution in [1.82, 2.24) is 19.7 Å². The zero-order valence-corrected chi connectivity index (χ0v) is 17.7. The van der Waals surface area contributed by atoms with Crippen LogP contribution in [0.1, 0.15) is 75.8 Å². The van der Waals surface area contributed by atoms with E-state index in [1.165, 1.54) is 0 Å². The predicted molar refractivity (Wildman–Crippen MR) is 107 cm³/mol. The van der Waals surface area contributed by atoms with Gasteiger partial charge in [0.15, 0.2) is 5.69 Å². The van der Waals surface area contributed by atoms with E-state index in [1.54, 1.807) is 6.07 Å². The molecule has 0 aromatic carbocycles. The molecule has 2 saturated carbocycles. The summed E-state index contributed by atoms with van der Waals surface area (Å²) in [6, 6.07) is 2.31. The molecule has 0 aliphatic heterocycles. The fourth-order valence-corrected chi connectivity index (χ4v) is 4.20. The molecule has 0 bridgehead atoms. The third-order valence-electron chi connectivity index (χ3n) is 6.00. The Morgan fingerprint density at radius 3 is 2.44 bits per heavy atom. The zero-order chi connectivity index (χ0) is 22.9. The number of alkyl halides is 5. The quantitative estimate of drug-likeness (QED) is 0.562. The summed E-state index contributed by atoms with van der Waals surface area (Å²) < 4.78 is 73.0. The minimum atomic E-state index is -4.59. The normalized spacial score (nSPS) is 21.1. The molecule has 0 radical (unpaired) electrons. The van der Waals surface area contributed by atoms with Crippen LogP contribution in [0.15, 0.2) is 18.3 Å². The third-order valence-corrected chi connectivity index (χ3v) is 6.00. The van der Waals surface area contributed by atoms with Crippen LogP contribution in [0.25, 0.3) is 5.95 Å². The second-order valence-electron chi connectivity index (χ2n) is 8.58. The van der Waals surface area contributed by atoms with Crippen LogP contribution < -0.4 is 5.32 Å². The highest BCUT2D eigenvalue weighted by molar-refractivity contribution is 5.40. The maximum absolute atomic E-state index is 13.5. The molecule has 0 amide bonds. The molecule has 1 atom stereocenters. The Morgan fingerprint density at radius 2 is 1.81 bits per heavy atom. The van der Waals surface area contributed by atoms with Crippen LogP contribution in [-0.2, 0) is 10.9 Å². The van der Waals surface area contributed by atoms with Gasteiger partial charge in [-0.15, -0.1) is 0 Å². The summed E-state index contributed by atoms with van der Waals surface area (Å²) >= 11 is 0. The fourth-order valence-electron chi connectivity index (χ4n) is 4.20. The summed E-state index contributed by atoms with van der Waals surface area (Å²) in [4.78, 5) is 8.71. The molecule has 2 aliphatic carbocycles. The van der Waals surface area contributed by atoms with Crippen LogP contribution in [0.5, 0.6) is 0 Å². The molecule has 176 valence electrons. The number of aromatic nitrogens is 4. The van der Waals surface area contributed by atoms with Crippen molar-refractivity contribution in [1.29, 1.82) is 0 Å². The fraction of sp³-hybridized carbons (Fsp3) is 0.667. The van der Waals surface area contributed by atoms with Gasteiger partial charge in [0.05, 0.1) is 17.9 Å². The number of hydrogen-bond acceptors (Lipinski definition) is 5. The van der Waals surface area contributed by atoms with Crippen LogP contribution in [0.4, 0.5) is 27.8 Å². The summed E-state index contributed by atoms with van der Waals surface area (Å²) in [5, 5.41) is 6.71. The molecular formula is C21H26F5N5O. The van der Waals surface area contributed by atoms with E-state index in [9.17, 15) is 22.0 Å². The number of anilines is 1. The van der Waals surface area contributed by atoms with Gasteiger partial charge in [-0.2, -0.15) is 23.3 Å². The molecule has 2 aliphatic rings. The Kier molecular flexibility index (Phi) is 6.37. The standard InChI is InChI=1S/C21H26F5N5O/c1-13(32-15-4-2-3-5-15)16-12-18(27-14-6-9-20(22,23)10-7-14)29-19(28-16)31-11-8-17(30-31)21(24,25)26/h8,11-15H,2-7,9-10H2,1H3,(H,27,28,29). The first kappa shape index (κ1) is 22.9. The molecule has 32 heavy (non-hydrogen) atoms. The topological polar surface area (TPSA) is 64.9 Å². The van der Waals surface area contributed by atoms with E-state index in [4.69, 9.17) is 4.74 Å². The summed E-state index contributed by atoms with van der Waals surface area (Å²) in [5.74, 6) is -2.35. The average molecular weight is 459 g/mol. The number of halogens is 5. The number of nitrogens with one attached hydrogen (secondary N) is 1. The summed E-state index contributed by atoms with van der Waals surface area (Å²) in [5.41, 5.74) is -0.555. The molecular weight excluding hydrogens is 433 g/mol. The molecule has 0 spiro atoms. The van der Waals surface area contributed by atoms with E-state index in [0.717, 1.165) is 42.6 Å². The average Bonchev–Trinajstić information content (AvgIpc) is 3.41. The lowest BCUT2D eigenvalue weighted by Gasteiger charge is -2.29. The van der Waals surface area contributed by atoms with Crippen LogP contribution in [0, 0.1) is 0 Å². The van der Waals surface area contributed by atoms with Crippen molar-refractivity contribution >= 4 is 5.82 Å². The Labute approximate surface area is 182 Å². The van der Waals surface area contributed by atoms with Crippen molar-refractivity contribution in [2.24, 2.45) is 0 Å². The minimum Gasteiger partial charge on any atom is -0.369 e. The first-order valence-corrected chi connectivity index (χ1v) is 10.9. The molecule has 0 saturated heterocycles. The molecule has 2 aromatic rings. The van der Waals surface area contributed by atoms with Crippen LogP contribution in [0.2, 0.25) is 0 Å². The largest absolute Gasteiger partial charge is 0.435 e. The zero-order valence-electron chi connectivity index (χ0n) is 17.7.